The van der Waals surface area contributed by atoms with Crippen LogP contribution in [0.5, 0.6) is 5.75 Å². The molecule has 0 aliphatic carbocycles. The minimum absolute atomic E-state index is 0.200. The molecule has 2 rings (SSSR count). The Labute approximate surface area is 121 Å². The van der Waals surface area contributed by atoms with Crippen molar-refractivity contribution in [1.82, 2.24) is 10.6 Å². The van der Waals surface area contributed by atoms with Gasteiger partial charge in [0.15, 0.2) is 5.75 Å². The fourth-order valence-corrected chi connectivity index (χ4v) is 2.11. The third kappa shape index (κ3) is 3.31. The molecule has 4 N–H and O–H groups in total. The van der Waals surface area contributed by atoms with Crippen molar-refractivity contribution in [2.24, 2.45) is 0 Å². The third-order valence-corrected chi connectivity index (χ3v) is 3.12. The molecule has 21 heavy (non-hydrogen) atoms. The Kier molecular flexibility index (Phi) is 4.42. The molecule has 7 heteroatoms. The number of carbonyl (C=O) groups excluding carboxylic acids is 3. The van der Waals surface area contributed by atoms with Gasteiger partial charge in [0.05, 0.1) is 17.9 Å². The van der Waals surface area contributed by atoms with E-state index in [0.29, 0.717) is 18.0 Å². The maximum atomic E-state index is 12.3. The number of hydrogen-bond acceptors (Lipinski definition) is 5. The second kappa shape index (κ2) is 6.25. The molecule has 7 nitrogen and oxygen atoms in total. The number of hydrogen-bond donors (Lipinski definition) is 3. The van der Waals surface area contributed by atoms with Crippen LogP contribution in [0.2, 0.25) is 0 Å². The molecule has 0 saturated carbocycles. The van der Waals surface area contributed by atoms with Crippen molar-refractivity contribution in [1.29, 1.82) is 0 Å². The number of ether oxygens (including phenoxy) is 1. The van der Waals surface area contributed by atoms with Gasteiger partial charge in [-0.3, -0.25) is 19.7 Å². The van der Waals surface area contributed by atoms with Crippen LogP contribution < -0.4 is 21.1 Å². The van der Waals surface area contributed by atoms with Crippen molar-refractivity contribution in [3.63, 3.8) is 0 Å². The Hall–Kier alpha value is -2.57. The molecule has 0 bridgehead atoms. The van der Waals surface area contributed by atoms with Gasteiger partial charge in [0.25, 0.3) is 5.91 Å². The van der Waals surface area contributed by atoms with E-state index in [1.54, 1.807) is 25.1 Å². The van der Waals surface area contributed by atoms with Crippen LogP contribution in [0.4, 0.5) is 5.69 Å². The predicted molar refractivity (Wildman–Crippen MR) is 75.7 cm³/mol. The molecular weight excluding hydrogens is 274 g/mol. The number of anilines is 1. The van der Waals surface area contributed by atoms with Crippen LogP contribution in [-0.4, -0.2) is 30.4 Å². The molecule has 1 fully saturated rings. The summed E-state index contributed by atoms with van der Waals surface area (Å²) in [6.45, 7) is 2.15. The second-order valence-electron chi connectivity index (χ2n) is 4.63. The molecule has 1 unspecified atom stereocenters. The quantitative estimate of drug-likeness (QED) is 0.542. The molecule has 1 heterocycles. The third-order valence-electron chi connectivity index (χ3n) is 3.12. The van der Waals surface area contributed by atoms with Crippen molar-refractivity contribution in [3.8, 4) is 5.75 Å². The number of para-hydroxylation sites is 1. The number of nitrogens with one attached hydrogen (secondary N) is 2. The molecule has 1 aliphatic rings. The summed E-state index contributed by atoms with van der Waals surface area (Å²) in [7, 11) is 0. The summed E-state index contributed by atoms with van der Waals surface area (Å²) in [4.78, 5) is 35.0. The van der Waals surface area contributed by atoms with Crippen LogP contribution in [0.1, 0.15) is 30.1 Å². The monoisotopic (exact) mass is 291 g/mol. The van der Waals surface area contributed by atoms with E-state index in [4.69, 9.17) is 10.5 Å². The van der Waals surface area contributed by atoms with Gasteiger partial charge in [0.1, 0.15) is 6.04 Å². The van der Waals surface area contributed by atoms with Gasteiger partial charge in [-0.25, -0.2) is 0 Å². The molecule has 112 valence electrons. The number of imide groups is 1. The number of benzene rings is 1. The van der Waals surface area contributed by atoms with E-state index in [1.165, 1.54) is 0 Å². The SMILES string of the molecule is CCOc1c(N)cccc1C(=O)NC1CCC(=O)NC1=O. The van der Waals surface area contributed by atoms with Gasteiger partial charge in [-0.2, -0.15) is 0 Å². The summed E-state index contributed by atoms with van der Waals surface area (Å²) >= 11 is 0. The topological polar surface area (TPSA) is 111 Å². The highest BCUT2D eigenvalue weighted by Crippen LogP contribution is 2.26. The van der Waals surface area contributed by atoms with Gasteiger partial charge in [-0.1, -0.05) is 6.07 Å². The summed E-state index contributed by atoms with van der Waals surface area (Å²) in [5, 5.41) is 4.78. The molecule has 0 spiro atoms. The van der Waals surface area contributed by atoms with E-state index in [0.717, 1.165) is 0 Å². The van der Waals surface area contributed by atoms with Crippen LogP contribution in [0.25, 0.3) is 0 Å². The van der Waals surface area contributed by atoms with Gasteiger partial charge in [0, 0.05) is 6.42 Å². The van der Waals surface area contributed by atoms with Crippen LogP contribution in [0.3, 0.4) is 0 Å². The first-order chi connectivity index (χ1) is 10.0. The average molecular weight is 291 g/mol. The average Bonchev–Trinajstić information content (AvgIpc) is 2.44. The minimum atomic E-state index is -0.730. The van der Waals surface area contributed by atoms with Gasteiger partial charge in [-0.05, 0) is 25.5 Å². The molecular formula is C14H17N3O4. The van der Waals surface area contributed by atoms with Gasteiger partial charge in [-0.15, -0.1) is 0 Å². The maximum Gasteiger partial charge on any atom is 0.255 e. The lowest BCUT2D eigenvalue weighted by molar-refractivity contribution is -0.134. The Morgan fingerprint density at radius 3 is 2.90 bits per heavy atom. The molecule has 1 saturated heterocycles. The standard InChI is InChI=1S/C14H17N3O4/c1-2-21-12-8(4-3-5-9(12)15)13(19)16-10-6-7-11(18)17-14(10)20/h3-5,10H,2,6-7,15H2,1H3,(H,16,19)(H,17,18,20). The molecule has 0 aromatic heterocycles. The van der Waals surface area contributed by atoms with Crippen molar-refractivity contribution in [2.45, 2.75) is 25.8 Å². The van der Waals surface area contributed by atoms with Gasteiger partial charge < -0.3 is 15.8 Å². The summed E-state index contributed by atoms with van der Waals surface area (Å²) in [6, 6.07) is 4.11. The van der Waals surface area contributed by atoms with Crippen molar-refractivity contribution in [3.05, 3.63) is 23.8 Å². The van der Waals surface area contributed by atoms with Gasteiger partial charge >= 0.3 is 0 Å². The first-order valence-electron chi connectivity index (χ1n) is 6.68. The molecule has 1 aromatic rings. The number of carbonyl (C=O) groups is 3. The lowest BCUT2D eigenvalue weighted by Crippen LogP contribution is -2.52. The zero-order valence-electron chi connectivity index (χ0n) is 11.6. The summed E-state index contributed by atoms with van der Waals surface area (Å²) < 4.78 is 5.38. The highest BCUT2D eigenvalue weighted by atomic mass is 16.5. The smallest absolute Gasteiger partial charge is 0.255 e. The predicted octanol–water partition coefficient (Wildman–Crippen LogP) is 0.202. The van der Waals surface area contributed by atoms with Crippen LogP contribution in [0.15, 0.2) is 18.2 Å². The van der Waals surface area contributed by atoms with Crippen LogP contribution in [-0.2, 0) is 9.59 Å². The molecule has 1 atom stereocenters. The highest BCUT2D eigenvalue weighted by molar-refractivity contribution is 6.05. The fourth-order valence-electron chi connectivity index (χ4n) is 2.11. The van der Waals surface area contributed by atoms with Crippen LogP contribution >= 0.6 is 0 Å². The number of nitrogen functional groups attached to an aromatic ring is 1. The Morgan fingerprint density at radius 1 is 1.48 bits per heavy atom. The molecule has 1 aromatic carbocycles. The van der Waals surface area contributed by atoms with E-state index in [2.05, 4.69) is 10.6 Å². The first-order valence-corrected chi connectivity index (χ1v) is 6.68. The van der Waals surface area contributed by atoms with E-state index in [-0.39, 0.29) is 24.3 Å². The van der Waals surface area contributed by atoms with Gasteiger partial charge in [0.2, 0.25) is 11.8 Å². The number of rotatable bonds is 4. The fraction of sp³-hybridized carbons (Fsp3) is 0.357. The Morgan fingerprint density at radius 2 is 2.24 bits per heavy atom. The summed E-state index contributed by atoms with van der Waals surface area (Å²) in [5.41, 5.74) is 6.41. The lowest BCUT2D eigenvalue weighted by Gasteiger charge is -2.22. The van der Waals surface area contributed by atoms with E-state index < -0.39 is 17.9 Å². The number of piperidine rings is 1. The number of amides is 3. The minimum Gasteiger partial charge on any atom is -0.491 e. The second-order valence-corrected chi connectivity index (χ2v) is 4.63. The van der Waals surface area contributed by atoms with E-state index in [9.17, 15) is 14.4 Å². The summed E-state index contributed by atoms with van der Waals surface area (Å²) in [6.07, 6.45) is 0.481. The molecule has 3 amide bonds. The zero-order valence-corrected chi connectivity index (χ0v) is 11.6. The van der Waals surface area contributed by atoms with Crippen molar-refractivity contribution >= 4 is 23.4 Å². The maximum absolute atomic E-state index is 12.3. The van der Waals surface area contributed by atoms with Crippen LogP contribution in [0, 0.1) is 0 Å². The van der Waals surface area contributed by atoms with Crippen molar-refractivity contribution in [2.75, 3.05) is 12.3 Å². The largest absolute Gasteiger partial charge is 0.491 e. The number of nitrogens with two attached hydrogens (primary N) is 1. The first kappa shape index (κ1) is 14.8. The zero-order chi connectivity index (χ0) is 15.4. The van der Waals surface area contributed by atoms with E-state index in [1.807, 2.05) is 0 Å². The Bertz CT molecular complexity index is 586. The van der Waals surface area contributed by atoms with Crippen molar-refractivity contribution < 1.29 is 19.1 Å². The normalized spacial score (nSPS) is 18.0. The van der Waals surface area contributed by atoms with E-state index >= 15 is 0 Å². The Balaban J connectivity index is 2.15. The summed E-state index contributed by atoms with van der Waals surface area (Å²) in [5.74, 6) is -0.990. The molecule has 0 radical (unpaired) electrons. The molecule has 1 aliphatic heterocycles. The highest BCUT2D eigenvalue weighted by Gasteiger charge is 2.29. The lowest BCUT2D eigenvalue weighted by atomic mass is 10.1.